The van der Waals surface area contributed by atoms with Crippen LogP contribution in [0.3, 0.4) is 0 Å². The standard InChI is InChI=1S/C11H20N2O2S.ClH/c14-11(5-10-8-16-4-2-12-10)13-6-9-1-3-15-7-9;/h9-10,12H,1-8H2,(H,13,14);1H. The van der Waals surface area contributed by atoms with Gasteiger partial charge in [0.15, 0.2) is 0 Å². The zero-order chi connectivity index (χ0) is 11.2. The molecule has 0 spiro atoms. The Kier molecular flexibility index (Phi) is 7.27. The van der Waals surface area contributed by atoms with Gasteiger partial charge in [-0.2, -0.15) is 11.8 Å². The molecule has 1 amide bonds. The van der Waals surface area contributed by atoms with E-state index in [-0.39, 0.29) is 18.3 Å². The Hall–Kier alpha value is 0.0300. The van der Waals surface area contributed by atoms with E-state index in [0.29, 0.717) is 18.4 Å². The Bertz CT molecular complexity index is 232. The van der Waals surface area contributed by atoms with E-state index < -0.39 is 0 Å². The number of halogens is 1. The third kappa shape index (κ3) is 5.46. The molecule has 0 aliphatic carbocycles. The zero-order valence-corrected chi connectivity index (χ0v) is 11.6. The quantitative estimate of drug-likeness (QED) is 0.794. The highest BCUT2D eigenvalue weighted by molar-refractivity contribution is 7.99. The Morgan fingerprint density at radius 1 is 1.53 bits per heavy atom. The summed E-state index contributed by atoms with van der Waals surface area (Å²) in [5.41, 5.74) is 0. The van der Waals surface area contributed by atoms with Crippen molar-refractivity contribution in [3.63, 3.8) is 0 Å². The lowest BCUT2D eigenvalue weighted by atomic mass is 10.1. The molecule has 17 heavy (non-hydrogen) atoms. The molecule has 2 aliphatic heterocycles. The minimum atomic E-state index is 0. The van der Waals surface area contributed by atoms with Gasteiger partial charge in [-0.05, 0) is 6.42 Å². The molecule has 6 heteroatoms. The largest absolute Gasteiger partial charge is 0.381 e. The number of thioether (sulfide) groups is 1. The maximum Gasteiger partial charge on any atom is 0.221 e. The Labute approximate surface area is 113 Å². The monoisotopic (exact) mass is 280 g/mol. The van der Waals surface area contributed by atoms with Crippen molar-refractivity contribution in [1.29, 1.82) is 0 Å². The fourth-order valence-electron chi connectivity index (χ4n) is 2.05. The first-order chi connectivity index (χ1) is 7.84. The van der Waals surface area contributed by atoms with Gasteiger partial charge in [-0.3, -0.25) is 4.79 Å². The number of carbonyl (C=O) groups is 1. The normalized spacial score (nSPS) is 28.5. The molecule has 2 N–H and O–H groups in total. The zero-order valence-electron chi connectivity index (χ0n) is 9.94. The highest BCUT2D eigenvalue weighted by atomic mass is 35.5. The lowest BCUT2D eigenvalue weighted by Gasteiger charge is -2.22. The van der Waals surface area contributed by atoms with E-state index in [4.69, 9.17) is 4.74 Å². The molecule has 2 rings (SSSR count). The van der Waals surface area contributed by atoms with Crippen LogP contribution < -0.4 is 10.6 Å². The van der Waals surface area contributed by atoms with Crippen LogP contribution in [-0.2, 0) is 9.53 Å². The number of hydrogen-bond acceptors (Lipinski definition) is 4. The summed E-state index contributed by atoms with van der Waals surface area (Å²) in [6, 6.07) is 0.360. The second kappa shape index (κ2) is 8.19. The van der Waals surface area contributed by atoms with Crippen molar-refractivity contribution >= 4 is 30.1 Å². The molecule has 100 valence electrons. The summed E-state index contributed by atoms with van der Waals surface area (Å²) in [7, 11) is 0. The number of nitrogens with one attached hydrogen (secondary N) is 2. The third-order valence-corrected chi connectivity index (χ3v) is 4.17. The molecule has 0 radical (unpaired) electrons. The predicted molar refractivity (Wildman–Crippen MR) is 72.9 cm³/mol. The van der Waals surface area contributed by atoms with Crippen molar-refractivity contribution in [3.8, 4) is 0 Å². The molecule has 2 atom stereocenters. The van der Waals surface area contributed by atoms with Crippen LogP contribution in [0, 0.1) is 5.92 Å². The average Bonchev–Trinajstić information content (AvgIpc) is 2.81. The van der Waals surface area contributed by atoms with Crippen molar-refractivity contribution in [3.05, 3.63) is 0 Å². The molecule has 0 saturated carbocycles. The molecule has 2 saturated heterocycles. The van der Waals surface area contributed by atoms with Gasteiger partial charge in [-0.1, -0.05) is 0 Å². The van der Waals surface area contributed by atoms with Crippen LogP contribution in [0.1, 0.15) is 12.8 Å². The summed E-state index contributed by atoms with van der Waals surface area (Å²) in [6.45, 7) is 3.46. The van der Waals surface area contributed by atoms with Gasteiger partial charge in [-0.25, -0.2) is 0 Å². The molecule has 0 bridgehead atoms. The lowest BCUT2D eigenvalue weighted by Crippen LogP contribution is -2.42. The first kappa shape index (κ1) is 15.1. The lowest BCUT2D eigenvalue weighted by molar-refractivity contribution is -0.121. The van der Waals surface area contributed by atoms with Gasteiger partial charge < -0.3 is 15.4 Å². The van der Waals surface area contributed by atoms with Gasteiger partial charge in [0.25, 0.3) is 0 Å². The third-order valence-electron chi connectivity index (χ3n) is 3.04. The van der Waals surface area contributed by atoms with Crippen molar-refractivity contribution in [1.82, 2.24) is 10.6 Å². The molecule has 4 nitrogen and oxygen atoms in total. The summed E-state index contributed by atoms with van der Waals surface area (Å²) >= 11 is 1.93. The topological polar surface area (TPSA) is 50.4 Å². The Morgan fingerprint density at radius 2 is 2.41 bits per heavy atom. The number of ether oxygens (including phenoxy) is 1. The first-order valence-corrected chi connectivity index (χ1v) is 7.15. The second-order valence-corrected chi connectivity index (χ2v) is 5.61. The smallest absolute Gasteiger partial charge is 0.221 e. The van der Waals surface area contributed by atoms with E-state index in [1.165, 1.54) is 0 Å². The molecule has 0 aromatic carbocycles. The van der Waals surface area contributed by atoms with E-state index in [2.05, 4.69) is 10.6 Å². The number of hydrogen-bond donors (Lipinski definition) is 2. The molecule has 2 aliphatic rings. The van der Waals surface area contributed by atoms with Gasteiger partial charge in [0.1, 0.15) is 0 Å². The maximum atomic E-state index is 11.7. The molecule has 2 fully saturated rings. The van der Waals surface area contributed by atoms with E-state index in [9.17, 15) is 4.79 Å². The van der Waals surface area contributed by atoms with Gasteiger partial charge in [-0.15, -0.1) is 12.4 Å². The fraction of sp³-hybridized carbons (Fsp3) is 0.909. The van der Waals surface area contributed by atoms with Crippen LogP contribution >= 0.6 is 24.2 Å². The van der Waals surface area contributed by atoms with Gasteiger partial charge in [0, 0.05) is 49.6 Å². The summed E-state index contributed by atoms with van der Waals surface area (Å²) in [5, 5.41) is 6.38. The second-order valence-electron chi connectivity index (χ2n) is 4.46. The minimum Gasteiger partial charge on any atom is -0.381 e. The van der Waals surface area contributed by atoms with Crippen molar-refractivity contribution in [2.75, 3.05) is 37.8 Å². The molecule has 0 aromatic heterocycles. The van der Waals surface area contributed by atoms with Gasteiger partial charge >= 0.3 is 0 Å². The SMILES string of the molecule is Cl.O=C(CC1CSCCN1)NCC1CCOC1. The number of rotatable bonds is 4. The maximum absolute atomic E-state index is 11.7. The average molecular weight is 281 g/mol. The van der Waals surface area contributed by atoms with E-state index >= 15 is 0 Å². The highest BCUT2D eigenvalue weighted by Crippen LogP contribution is 2.12. The Balaban J connectivity index is 0.00000144. The summed E-state index contributed by atoms with van der Waals surface area (Å²) in [6.07, 6.45) is 1.69. The van der Waals surface area contributed by atoms with Crippen molar-refractivity contribution in [2.45, 2.75) is 18.9 Å². The molecule has 2 heterocycles. The van der Waals surface area contributed by atoms with Crippen LogP contribution in [0.5, 0.6) is 0 Å². The summed E-state index contributed by atoms with van der Waals surface area (Å²) < 4.78 is 5.27. The fourth-order valence-corrected chi connectivity index (χ4v) is 3.00. The van der Waals surface area contributed by atoms with Gasteiger partial charge in [0.2, 0.25) is 5.91 Å². The number of carbonyl (C=O) groups excluding carboxylic acids is 1. The van der Waals surface area contributed by atoms with E-state index in [1.807, 2.05) is 11.8 Å². The molecule has 2 unspecified atom stereocenters. The summed E-state index contributed by atoms with van der Waals surface area (Å²) in [5.74, 6) is 2.92. The number of amides is 1. The van der Waals surface area contributed by atoms with Crippen LogP contribution in [0.15, 0.2) is 0 Å². The summed E-state index contributed by atoms with van der Waals surface area (Å²) in [4.78, 5) is 11.7. The van der Waals surface area contributed by atoms with Gasteiger partial charge in [0.05, 0.1) is 6.61 Å². The Morgan fingerprint density at radius 3 is 3.06 bits per heavy atom. The minimum absolute atomic E-state index is 0. The van der Waals surface area contributed by atoms with Crippen LogP contribution in [0.2, 0.25) is 0 Å². The predicted octanol–water partition coefficient (Wildman–Crippen LogP) is 0.656. The molecule has 0 aromatic rings. The van der Waals surface area contributed by atoms with Crippen molar-refractivity contribution < 1.29 is 9.53 Å². The van der Waals surface area contributed by atoms with Crippen LogP contribution in [0.25, 0.3) is 0 Å². The van der Waals surface area contributed by atoms with Crippen LogP contribution in [-0.4, -0.2) is 49.8 Å². The highest BCUT2D eigenvalue weighted by Gasteiger charge is 2.19. The molecular weight excluding hydrogens is 260 g/mol. The van der Waals surface area contributed by atoms with E-state index in [0.717, 1.165) is 44.2 Å². The van der Waals surface area contributed by atoms with E-state index in [1.54, 1.807) is 0 Å². The first-order valence-electron chi connectivity index (χ1n) is 6.00. The van der Waals surface area contributed by atoms with Crippen LogP contribution in [0.4, 0.5) is 0 Å². The van der Waals surface area contributed by atoms with Crippen molar-refractivity contribution in [2.24, 2.45) is 5.92 Å². The molecular formula is C11H21ClN2O2S.